The Balaban J connectivity index is 1.41. The second-order valence-corrected chi connectivity index (χ2v) is 7.14. The summed E-state index contributed by atoms with van der Waals surface area (Å²) in [5.74, 6) is 0.523. The Hall–Kier alpha value is -3.81. The Morgan fingerprint density at radius 1 is 1.14 bits per heavy atom. The maximum Gasteiger partial charge on any atom is 0.252 e. The third-order valence-corrected chi connectivity index (χ3v) is 5.30. The largest absolute Gasteiger partial charge is 0.456 e. The summed E-state index contributed by atoms with van der Waals surface area (Å²) in [5.41, 5.74) is 9.07. The molecular formula is C21H20N6O2. The van der Waals surface area contributed by atoms with E-state index in [-0.39, 0.29) is 0 Å². The van der Waals surface area contributed by atoms with Crippen LogP contribution in [0.3, 0.4) is 0 Å². The van der Waals surface area contributed by atoms with E-state index in [1.165, 1.54) is 5.69 Å². The lowest BCUT2D eigenvalue weighted by Gasteiger charge is -2.30. The smallest absolute Gasteiger partial charge is 0.252 e. The molecule has 0 saturated heterocycles. The third kappa shape index (κ3) is 3.08. The first-order valence-electron chi connectivity index (χ1n) is 9.36. The minimum absolute atomic E-state index is 0.332. The van der Waals surface area contributed by atoms with Gasteiger partial charge in [0, 0.05) is 43.5 Å². The lowest BCUT2D eigenvalue weighted by molar-refractivity contribution is 0.0998. The van der Waals surface area contributed by atoms with Gasteiger partial charge in [-0.2, -0.15) is 5.10 Å². The monoisotopic (exact) mass is 388 g/mol. The summed E-state index contributed by atoms with van der Waals surface area (Å²) in [7, 11) is 1.84. The van der Waals surface area contributed by atoms with E-state index in [0.717, 1.165) is 36.2 Å². The molecule has 0 fully saturated rings. The van der Waals surface area contributed by atoms with Crippen LogP contribution in [0.1, 0.15) is 16.1 Å². The number of aryl methyl sites for hydroxylation is 1. The highest BCUT2D eigenvalue weighted by Crippen LogP contribution is 2.31. The van der Waals surface area contributed by atoms with Gasteiger partial charge in [0.2, 0.25) is 0 Å². The molecule has 0 unspecified atom stereocenters. The minimum Gasteiger partial charge on any atom is -0.456 e. The van der Waals surface area contributed by atoms with Crippen LogP contribution in [0.25, 0.3) is 10.9 Å². The molecule has 2 N–H and O–H groups in total. The highest BCUT2D eigenvalue weighted by molar-refractivity contribution is 6.00. The summed E-state index contributed by atoms with van der Waals surface area (Å²) in [6.07, 6.45) is 5.48. The average Bonchev–Trinajstić information content (AvgIpc) is 3.34. The van der Waals surface area contributed by atoms with Gasteiger partial charge >= 0.3 is 0 Å². The van der Waals surface area contributed by atoms with Gasteiger partial charge in [-0.05, 0) is 30.3 Å². The number of carbonyl (C=O) groups excluding carboxylic acids is 1. The molecule has 29 heavy (non-hydrogen) atoms. The fraction of sp³-hybridized carbons (Fsp3) is 0.190. The number of amides is 1. The maximum absolute atomic E-state index is 11.9. The number of ether oxygens (including phenoxy) is 1. The predicted octanol–water partition coefficient (Wildman–Crippen LogP) is 2.68. The number of carbonyl (C=O) groups is 1. The summed E-state index contributed by atoms with van der Waals surface area (Å²) < 4.78 is 9.92. The minimum atomic E-state index is -0.535. The number of primary amides is 1. The Bertz CT molecular complexity index is 1210. The number of nitrogens with zero attached hydrogens (tertiary/aromatic N) is 5. The van der Waals surface area contributed by atoms with Crippen molar-refractivity contribution < 1.29 is 9.53 Å². The molecule has 2 aromatic heterocycles. The van der Waals surface area contributed by atoms with E-state index in [1.54, 1.807) is 23.0 Å². The molecule has 0 atom stereocenters. The van der Waals surface area contributed by atoms with Crippen molar-refractivity contribution in [3.63, 3.8) is 0 Å². The summed E-state index contributed by atoms with van der Waals surface area (Å²) >= 11 is 0. The number of fused-ring (bicyclic) bond motifs is 2. The normalized spacial score (nSPS) is 13.5. The van der Waals surface area contributed by atoms with E-state index in [0.29, 0.717) is 17.1 Å². The van der Waals surface area contributed by atoms with Crippen LogP contribution in [0.15, 0.2) is 55.1 Å². The van der Waals surface area contributed by atoms with Crippen molar-refractivity contribution in [2.45, 2.75) is 13.1 Å². The van der Waals surface area contributed by atoms with E-state index < -0.39 is 5.91 Å². The van der Waals surface area contributed by atoms with Crippen molar-refractivity contribution in [1.82, 2.24) is 19.3 Å². The number of anilines is 1. The van der Waals surface area contributed by atoms with Crippen LogP contribution < -0.4 is 15.4 Å². The average molecular weight is 388 g/mol. The molecule has 1 aliphatic heterocycles. The van der Waals surface area contributed by atoms with Crippen LogP contribution >= 0.6 is 0 Å². The SMILES string of the molecule is Cn1ncc2cc(C(N)=O)c(Oc3ccc(N4CCn5cncc5C4)cc3)cc21. The van der Waals surface area contributed by atoms with Crippen molar-refractivity contribution in [3.8, 4) is 11.5 Å². The van der Waals surface area contributed by atoms with Gasteiger partial charge in [0.15, 0.2) is 0 Å². The topological polar surface area (TPSA) is 91.2 Å². The standard InChI is InChI=1S/C21H20N6O2/c1-25-19-9-20(18(21(22)28)8-14(19)10-24-25)29-17-4-2-15(3-5-17)26-6-7-27-13-23-11-16(27)12-26/h2-5,8-11,13H,6-7,12H2,1H3,(H2,22,28). The van der Waals surface area contributed by atoms with Gasteiger partial charge in [0.05, 0.1) is 35.8 Å². The Labute approximate surface area is 167 Å². The molecule has 8 nitrogen and oxygen atoms in total. The van der Waals surface area contributed by atoms with E-state index in [9.17, 15) is 4.79 Å². The first kappa shape index (κ1) is 17.3. The number of benzene rings is 2. The van der Waals surface area contributed by atoms with Gasteiger partial charge < -0.3 is 19.9 Å². The van der Waals surface area contributed by atoms with E-state index in [1.807, 2.05) is 43.8 Å². The van der Waals surface area contributed by atoms with Crippen LogP contribution in [-0.2, 0) is 20.1 Å². The lowest BCUT2D eigenvalue weighted by Crippen LogP contribution is -2.32. The molecule has 3 heterocycles. The quantitative estimate of drug-likeness (QED) is 0.580. The Morgan fingerprint density at radius 2 is 1.97 bits per heavy atom. The van der Waals surface area contributed by atoms with Gasteiger partial charge in [-0.15, -0.1) is 0 Å². The van der Waals surface area contributed by atoms with Gasteiger partial charge in [-0.1, -0.05) is 0 Å². The Kier molecular flexibility index (Phi) is 3.97. The molecular weight excluding hydrogens is 368 g/mol. The van der Waals surface area contributed by atoms with Crippen LogP contribution in [0.4, 0.5) is 5.69 Å². The number of imidazole rings is 1. The van der Waals surface area contributed by atoms with E-state index >= 15 is 0 Å². The summed E-state index contributed by atoms with van der Waals surface area (Å²) in [6, 6.07) is 11.4. The molecule has 0 radical (unpaired) electrons. The van der Waals surface area contributed by atoms with E-state index in [2.05, 4.69) is 19.5 Å². The van der Waals surface area contributed by atoms with Crippen LogP contribution in [0, 0.1) is 0 Å². The molecule has 4 aromatic rings. The predicted molar refractivity (Wildman–Crippen MR) is 109 cm³/mol. The highest BCUT2D eigenvalue weighted by atomic mass is 16.5. The summed E-state index contributed by atoms with van der Waals surface area (Å²) in [4.78, 5) is 18.4. The molecule has 1 amide bonds. The number of rotatable bonds is 4. The molecule has 146 valence electrons. The fourth-order valence-electron chi connectivity index (χ4n) is 3.71. The van der Waals surface area contributed by atoms with Gasteiger partial charge in [0.25, 0.3) is 5.91 Å². The van der Waals surface area contributed by atoms with E-state index in [4.69, 9.17) is 10.5 Å². The highest BCUT2D eigenvalue weighted by Gasteiger charge is 2.17. The van der Waals surface area contributed by atoms with Gasteiger partial charge in [-0.25, -0.2) is 4.98 Å². The number of aromatic nitrogens is 4. The zero-order valence-electron chi connectivity index (χ0n) is 15.9. The molecule has 0 bridgehead atoms. The zero-order valence-corrected chi connectivity index (χ0v) is 15.9. The zero-order chi connectivity index (χ0) is 20.0. The van der Waals surface area contributed by atoms with Gasteiger partial charge in [-0.3, -0.25) is 9.48 Å². The third-order valence-electron chi connectivity index (χ3n) is 5.30. The Morgan fingerprint density at radius 3 is 2.76 bits per heavy atom. The van der Waals surface area contributed by atoms with Crippen molar-refractivity contribution in [3.05, 3.63) is 66.4 Å². The summed E-state index contributed by atoms with van der Waals surface area (Å²) in [5, 5.41) is 5.06. The van der Waals surface area contributed by atoms with Crippen LogP contribution in [0.5, 0.6) is 11.5 Å². The molecule has 0 spiro atoms. The second kappa shape index (κ2) is 6.66. The van der Waals surface area contributed by atoms with Crippen molar-refractivity contribution in [2.24, 2.45) is 12.8 Å². The molecule has 5 rings (SSSR count). The van der Waals surface area contributed by atoms with Crippen molar-refractivity contribution >= 4 is 22.5 Å². The number of nitrogens with two attached hydrogens (primary N) is 1. The van der Waals surface area contributed by atoms with Gasteiger partial charge in [0.1, 0.15) is 11.5 Å². The first-order valence-corrected chi connectivity index (χ1v) is 9.36. The molecule has 0 aliphatic carbocycles. The lowest BCUT2D eigenvalue weighted by atomic mass is 10.1. The maximum atomic E-state index is 11.9. The number of hydrogen-bond acceptors (Lipinski definition) is 5. The number of hydrogen-bond donors (Lipinski definition) is 1. The molecule has 1 aliphatic rings. The first-order chi connectivity index (χ1) is 14.1. The van der Waals surface area contributed by atoms with Crippen LogP contribution in [-0.4, -0.2) is 31.8 Å². The van der Waals surface area contributed by atoms with Crippen molar-refractivity contribution in [2.75, 3.05) is 11.4 Å². The molecule has 2 aromatic carbocycles. The second-order valence-electron chi connectivity index (χ2n) is 7.14. The molecule has 8 heteroatoms. The van der Waals surface area contributed by atoms with Crippen molar-refractivity contribution in [1.29, 1.82) is 0 Å². The summed E-state index contributed by atoms with van der Waals surface area (Å²) in [6.45, 7) is 2.66. The fourth-order valence-corrected chi connectivity index (χ4v) is 3.71. The molecule has 0 saturated carbocycles. The van der Waals surface area contributed by atoms with Crippen LogP contribution in [0.2, 0.25) is 0 Å².